The van der Waals surface area contributed by atoms with E-state index in [1.165, 1.54) is 120 Å². The third kappa shape index (κ3) is 5.27. The average Bonchev–Trinajstić information content (AvgIpc) is 4.14. The summed E-state index contributed by atoms with van der Waals surface area (Å²) >= 11 is 4.06. The highest BCUT2D eigenvalue weighted by molar-refractivity contribution is 8.04. The second kappa shape index (κ2) is 15.4. The van der Waals surface area contributed by atoms with Crippen LogP contribution in [0, 0.1) is 0 Å². The fourth-order valence-corrected chi connectivity index (χ4v) is 17.5. The predicted octanol–water partition coefficient (Wildman–Crippen LogP) is 17.9. The summed E-state index contributed by atoms with van der Waals surface area (Å²) in [5, 5.41) is 2.80. The van der Waals surface area contributed by atoms with Crippen LogP contribution in [0.4, 0.5) is 11.4 Å². The number of anilines is 2. The highest BCUT2D eigenvalue weighted by atomic mass is 32.2. The molecular formula is C69H48N2S2. The molecule has 0 N–H and O–H groups in total. The van der Waals surface area contributed by atoms with Gasteiger partial charge in [-0.1, -0.05) is 188 Å². The highest BCUT2D eigenvalue weighted by Crippen LogP contribution is 2.69. The molecular weight excluding hydrogens is 921 g/mol. The summed E-state index contributed by atoms with van der Waals surface area (Å²) in [5.41, 5.74) is 24.0. The van der Waals surface area contributed by atoms with Crippen molar-refractivity contribution in [1.29, 1.82) is 0 Å². The van der Waals surface area contributed by atoms with Gasteiger partial charge in [0.2, 0.25) is 0 Å². The maximum absolute atomic E-state index is 4.82. The summed E-state index contributed by atoms with van der Waals surface area (Å²) in [5.74, 6) is 0.176. The van der Waals surface area contributed by atoms with E-state index in [-0.39, 0.29) is 11.2 Å². The van der Waals surface area contributed by atoms with Gasteiger partial charge in [0.15, 0.2) is 0 Å². The van der Waals surface area contributed by atoms with E-state index in [1.54, 1.807) is 0 Å². The van der Waals surface area contributed by atoms with Crippen LogP contribution in [0.5, 0.6) is 0 Å². The van der Waals surface area contributed by atoms with Crippen molar-refractivity contribution in [3.63, 3.8) is 0 Å². The van der Waals surface area contributed by atoms with Crippen LogP contribution in [0.15, 0.2) is 268 Å². The second-order valence-electron chi connectivity index (χ2n) is 20.4. The van der Waals surface area contributed by atoms with Crippen LogP contribution in [0.3, 0.4) is 0 Å². The van der Waals surface area contributed by atoms with Gasteiger partial charge in [-0.25, -0.2) is 0 Å². The fraction of sp³-hybridized carbons (Fsp3) is 0.101. The van der Waals surface area contributed by atoms with Gasteiger partial charge in [0.1, 0.15) is 0 Å². The zero-order chi connectivity index (χ0) is 48.2. The number of aromatic nitrogens is 1. The maximum atomic E-state index is 4.82. The molecule has 8 aromatic carbocycles. The van der Waals surface area contributed by atoms with E-state index in [1.807, 2.05) is 11.8 Å². The summed E-state index contributed by atoms with van der Waals surface area (Å²) in [4.78, 5) is 6.73. The van der Waals surface area contributed by atoms with Crippen LogP contribution in [-0.2, 0) is 10.8 Å². The Balaban J connectivity index is 0.855. The number of hydrogen-bond donors (Lipinski definition) is 0. The molecule has 16 rings (SSSR count). The average molecular weight is 969 g/mol. The van der Waals surface area contributed by atoms with Crippen molar-refractivity contribution in [3.05, 3.63) is 297 Å². The van der Waals surface area contributed by atoms with Gasteiger partial charge in [0.05, 0.1) is 21.9 Å². The lowest BCUT2D eigenvalue weighted by molar-refractivity contribution is 0.643. The van der Waals surface area contributed by atoms with Crippen LogP contribution in [0.2, 0.25) is 0 Å². The third-order valence-electron chi connectivity index (χ3n) is 17.2. The van der Waals surface area contributed by atoms with E-state index in [4.69, 9.17) is 6.58 Å². The maximum Gasteiger partial charge on any atom is 0.0735 e. The number of benzene rings is 8. The first-order chi connectivity index (χ1) is 36.1. The van der Waals surface area contributed by atoms with E-state index in [0.717, 1.165) is 24.1 Å². The van der Waals surface area contributed by atoms with Crippen LogP contribution in [-0.4, -0.2) is 9.82 Å². The lowest BCUT2D eigenvalue weighted by atomic mass is 9.61. The Hall–Kier alpha value is -7.76. The summed E-state index contributed by atoms with van der Waals surface area (Å²) in [6.07, 6.45) is 18.7. The van der Waals surface area contributed by atoms with Crippen LogP contribution in [0.1, 0.15) is 64.6 Å². The Morgan fingerprint density at radius 2 is 1.29 bits per heavy atom. The molecule has 7 aliphatic rings. The van der Waals surface area contributed by atoms with Crippen molar-refractivity contribution < 1.29 is 0 Å². The van der Waals surface area contributed by atoms with Crippen molar-refractivity contribution in [3.8, 4) is 16.8 Å². The molecule has 4 aliphatic carbocycles. The minimum Gasteiger partial charge on any atom is -0.313 e. The molecule has 3 aliphatic heterocycles. The molecule has 3 unspecified atom stereocenters. The van der Waals surface area contributed by atoms with Crippen molar-refractivity contribution in [2.45, 2.75) is 51.6 Å². The number of rotatable bonds is 3. The molecule has 4 heterocycles. The Bertz CT molecular complexity index is 4100. The zero-order valence-electron chi connectivity index (χ0n) is 40.3. The van der Waals surface area contributed by atoms with Gasteiger partial charge in [-0.05, 0) is 152 Å². The van der Waals surface area contributed by atoms with Gasteiger partial charge in [-0.15, -0.1) is 11.8 Å². The topological polar surface area (TPSA) is 8.17 Å². The molecule has 1 aromatic heterocycles. The summed E-state index contributed by atoms with van der Waals surface area (Å²) in [7, 11) is 0. The van der Waals surface area contributed by atoms with E-state index < -0.39 is 10.8 Å². The molecule has 2 nitrogen and oxygen atoms in total. The molecule has 346 valence electrons. The molecule has 0 radical (unpaired) electrons. The van der Waals surface area contributed by atoms with Crippen molar-refractivity contribution in [1.82, 2.24) is 4.57 Å². The van der Waals surface area contributed by atoms with E-state index >= 15 is 0 Å². The monoisotopic (exact) mass is 968 g/mol. The fourth-order valence-electron chi connectivity index (χ4n) is 14.5. The van der Waals surface area contributed by atoms with Crippen molar-refractivity contribution in [2.24, 2.45) is 0 Å². The largest absolute Gasteiger partial charge is 0.313 e. The molecule has 2 spiro atoms. The lowest BCUT2D eigenvalue weighted by Gasteiger charge is -2.49. The Morgan fingerprint density at radius 3 is 2.08 bits per heavy atom. The first kappa shape index (κ1) is 41.8. The van der Waals surface area contributed by atoms with Gasteiger partial charge < -0.3 is 9.47 Å². The highest BCUT2D eigenvalue weighted by Gasteiger charge is 2.58. The first-order valence-corrected chi connectivity index (χ1v) is 27.5. The SMILES string of the molecule is C=C1/C(=C\C=C/C)C2(C3=CC=C4C(c5ccccc5N4c4ccc(-n5c6ccccc6c6c7c(ccc65)C5(c6ccccc6S7)c6ccccc6-c6ccccc65)cc4)C3SC3=C2C=CCC3)c2ccccc21. The molecule has 3 atom stereocenters. The number of nitrogens with zero attached hydrogens (tertiary/aromatic N) is 2. The molecule has 0 saturated carbocycles. The standard InChI is InChI=1S/C69H48N2S2/c1-3-4-24-50-42(2)45-19-5-10-25-51(45)68(50)54-28-13-17-32-62(54)72-66-56(68)38-40-60-64(66)48-22-8-15-30-58(48)70(60)43-34-36-44(37-35-43)71-59-31-16-9-23-49(59)65-61(71)41-39-57-67(65)73-63-33-18-14-29-55(63)69(57)52-26-11-6-20-46(52)47-21-7-12-27-53(47)69/h3-16,18-31,33-41,64,66H,2,17,32H2,1H3/b4-3-,50-24+. The minimum atomic E-state index is -0.429. The third-order valence-corrected chi connectivity index (χ3v) is 19.9. The smallest absolute Gasteiger partial charge is 0.0735 e. The normalized spacial score (nSPS) is 21.7. The van der Waals surface area contributed by atoms with Gasteiger partial charge in [-0.2, -0.15) is 0 Å². The Kier molecular flexibility index (Phi) is 8.81. The minimum absolute atomic E-state index is 0.176. The quantitative estimate of drug-likeness (QED) is 0.174. The van der Waals surface area contributed by atoms with Gasteiger partial charge in [0, 0.05) is 54.5 Å². The number of thioether (sulfide) groups is 1. The lowest BCUT2D eigenvalue weighted by Crippen LogP contribution is -2.42. The molecule has 0 bridgehead atoms. The number of fused-ring (bicyclic) bond motifs is 22. The Morgan fingerprint density at radius 1 is 0.616 bits per heavy atom. The van der Waals surface area contributed by atoms with Crippen LogP contribution >= 0.6 is 23.5 Å². The molecule has 4 heteroatoms. The number of hydrogen-bond acceptors (Lipinski definition) is 3. The second-order valence-corrected chi connectivity index (χ2v) is 22.7. The van der Waals surface area contributed by atoms with Crippen molar-refractivity contribution >= 4 is 62.3 Å². The zero-order valence-corrected chi connectivity index (χ0v) is 42.0. The Labute approximate surface area is 434 Å². The first-order valence-electron chi connectivity index (χ1n) is 25.8. The summed E-state index contributed by atoms with van der Waals surface area (Å²) < 4.78 is 2.50. The number of para-hydroxylation sites is 2. The van der Waals surface area contributed by atoms with Crippen molar-refractivity contribution in [2.75, 3.05) is 4.90 Å². The predicted molar refractivity (Wildman–Crippen MR) is 307 cm³/mol. The molecule has 0 amide bonds. The van der Waals surface area contributed by atoms with E-state index in [0.29, 0.717) is 0 Å². The number of allylic oxidation sites excluding steroid dienone is 12. The summed E-state index contributed by atoms with van der Waals surface area (Å²) in [6.45, 7) is 6.93. The molecule has 9 aromatic rings. The van der Waals surface area contributed by atoms with Crippen LogP contribution in [0.25, 0.3) is 44.2 Å². The van der Waals surface area contributed by atoms with Gasteiger partial charge in [-0.3, -0.25) is 0 Å². The molecule has 0 fully saturated rings. The summed E-state index contributed by atoms with van der Waals surface area (Å²) in [6, 6.07) is 68.9. The molecule has 73 heavy (non-hydrogen) atoms. The van der Waals surface area contributed by atoms with Gasteiger partial charge >= 0.3 is 0 Å². The van der Waals surface area contributed by atoms with Crippen LogP contribution < -0.4 is 4.90 Å². The molecule has 0 saturated heterocycles. The van der Waals surface area contributed by atoms with Gasteiger partial charge in [0.25, 0.3) is 0 Å². The van der Waals surface area contributed by atoms with E-state index in [2.05, 4.69) is 253 Å². The van der Waals surface area contributed by atoms with E-state index in [9.17, 15) is 0 Å².